The van der Waals surface area contributed by atoms with Crippen molar-refractivity contribution in [1.29, 1.82) is 0 Å². The smallest absolute Gasteiger partial charge is 0.180 e. The second-order valence-corrected chi connectivity index (χ2v) is 20.9. The number of nitrogens with zero attached hydrogens (tertiary/aromatic N) is 3. The van der Waals surface area contributed by atoms with Crippen molar-refractivity contribution in [3.05, 3.63) is 249 Å². The van der Waals surface area contributed by atoms with E-state index in [-0.39, 0.29) is 0 Å². The standard InChI is InChI=1S/C61H43N3Si/c1-2-7-22-44(21-6-1)63-53-33-18-15-30-50(53)60-56(63)41-42-57-61(60)51-31-16-19-34-54(51)64(57)45-37-39-48(40-38-45)65(46-25-10-4-11-26-46,47-27-12-5-13-28-47)58-36-20-35-55-59(58)49-29-14-17-32-52(49)62(55)43-23-8-3-9-24-43/h1,3-42H,2H2. The van der Waals surface area contributed by atoms with Gasteiger partial charge in [-0.25, -0.2) is 0 Å². The second-order valence-electron chi connectivity index (χ2n) is 17.1. The van der Waals surface area contributed by atoms with E-state index in [9.17, 15) is 0 Å². The van der Waals surface area contributed by atoms with Crippen LogP contribution in [0.4, 0.5) is 0 Å². The van der Waals surface area contributed by atoms with Crippen molar-refractivity contribution in [1.82, 2.24) is 13.7 Å². The highest BCUT2D eigenvalue weighted by atomic mass is 28.3. The molecule has 3 aromatic heterocycles. The third kappa shape index (κ3) is 5.54. The molecule has 1 aliphatic rings. The Morgan fingerprint density at radius 1 is 0.323 bits per heavy atom. The molecule has 13 rings (SSSR count). The van der Waals surface area contributed by atoms with E-state index >= 15 is 0 Å². The normalized spacial score (nSPS) is 13.1. The number of hydrogen-bond donors (Lipinski definition) is 0. The molecule has 12 aromatic rings. The molecule has 0 bridgehead atoms. The molecule has 0 saturated carbocycles. The first-order chi connectivity index (χ1) is 32.3. The summed E-state index contributed by atoms with van der Waals surface area (Å²) in [5.41, 5.74) is 10.7. The molecule has 0 fully saturated rings. The molecule has 65 heavy (non-hydrogen) atoms. The molecule has 0 radical (unpaired) electrons. The van der Waals surface area contributed by atoms with Crippen LogP contribution in [0.5, 0.6) is 0 Å². The van der Waals surface area contributed by atoms with Crippen molar-refractivity contribution in [2.24, 2.45) is 0 Å². The molecule has 0 atom stereocenters. The molecule has 0 N–H and O–H groups in total. The molecule has 0 unspecified atom stereocenters. The van der Waals surface area contributed by atoms with Gasteiger partial charge < -0.3 is 13.7 Å². The summed E-state index contributed by atoms with van der Waals surface area (Å²) in [6.07, 6.45) is 12.1. The molecule has 0 aliphatic heterocycles. The number of allylic oxidation sites excluding steroid dienone is 6. The van der Waals surface area contributed by atoms with Crippen LogP contribution in [-0.2, 0) is 0 Å². The topological polar surface area (TPSA) is 14.8 Å². The van der Waals surface area contributed by atoms with E-state index in [1.165, 1.54) is 91.9 Å². The number of rotatable bonds is 7. The van der Waals surface area contributed by atoms with Gasteiger partial charge in [0.05, 0.1) is 33.1 Å². The highest BCUT2D eigenvalue weighted by molar-refractivity contribution is 7.20. The minimum atomic E-state index is -3.01. The lowest BCUT2D eigenvalue weighted by atomic mass is 10.1. The van der Waals surface area contributed by atoms with Crippen LogP contribution in [0.15, 0.2) is 249 Å². The Morgan fingerprint density at radius 2 is 0.769 bits per heavy atom. The van der Waals surface area contributed by atoms with Crippen molar-refractivity contribution >= 4 is 99.9 Å². The first-order valence-electron chi connectivity index (χ1n) is 22.6. The highest BCUT2D eigenvalue weighted by Gasteiger charge is 2.43. The molecular weight excluding hydrogens is 803 g/mol. The van der Waals surface area contributed by atoms with Crippen LogP contribution in [0.1, 0.15) is 6.42 Å². The summed E-state index contributed by atoms with van der Waals surface area (Å²) in [6.45, 7) is 0. The van der Waals surface area contributed by atoms with Gasteiger partial charge in [0.15, 0.2) is 8.07 Å². The maximum Gasteiger partial charge on any atom is 0.180 e. The zero-order valence-electron chi connectivity index (χ0n) is 35.7. The number of hydrogen-bond acceptors (Lipinski definition) is 0. The van der Waals surface area contributed by atoms with E-state index in [0.29, 0.717) is 0 Å². The largest absolute Gasteiger partial charge is 0.309 e. The Labute approximate surface area is 378 Å². The summed E-state index contributed by atoms with van der Waals surface area (Å²) >= 11 is 0. The molecule has 9 aromatic carbocycles. The number of benzene rings is 9. The molecule has 1 aliphatic carbocycles. The van der Waals surface area contributed by atoms with Crippen LogP contribution in [0, 0.1) is 0 Å². The highest BCUT2D eigenvalue weighted by Crippen LogP contribution is 2.42. The quantitative estimate of drug-likeness (QED) is 0.112. The van der Waals surface area contributed by atoms with E-state index in [2.05, 4.69) is 262 Å². The van der Waals surface area contributed by atoms with Crippen molar-refractivity contribution in [2.45, 2.75) is 6.42 Å². The average Bonchev–Trinajstić information content (AvgIpc) is 3.92. The van der Waals surface area contributed by atoms with E-state index in [1.54, 1.807) is 0 Å². The molecule has 0 saturated heterocycles. The SMILES string of the molecule is C1=CCC=CC(n2c3ccccc3c3c4c5ccccc5n(-c5ccc([Si](c6ccccc6)(c6ccccc6)c6cccc7c6c6ccccc6n7-c6ccccc6)cc5)c4ccc32)=C1. The van der Waals surface area contributed by atoms with Gasteiger partial charge in [0.25, 0.3) is 0 Å². The third-order valence-electron chi connectivity index (χ3n) is 13.8. The van der Waals surface area contributed by atoms with E-state index < -0.39 is 8.07 Å². The second kappa shape index (κ2) is 15.0. The van der Waals surface area contributed by atoms with Gasteiger partial charge in [0.1, 0.15) is 0 Å². The zero-order chi connectivity index (χ0) is 42.9. The van der Waals surface area contributed by atoms with E-state index in [4.69, 9.17) is 0 Å². The van der Waals surface area contributed by atoms with Gasteiger partial charge in [-0.05, 0) is 100.0 Å². The summed E-state index contributed by atoms with van der Waals surface area (Å²) in [5, 5.41) is 13.1. The van der Waals surface area contributed by atoms with Crippen LogP contribution in [-0.4, -0.2) is 21.8 Å². The summed E-state index contributed by atoms with van der Waals surface area (Å²) < 4.78 is 7.37. The van der Waals surface area contributed by atoms with Gasteiger partial charge in [-0.2, -0.15) is 0 Å². The number of para-hydroxylation sites is 4. The molecule has 0 amide bonds. The van der Waals surface area contributed by atoms with Gasteiger partial charge in [-0.3, -0.25) is 0 Å². The predicted molar refractivity (Wildman–Crippen MR) is 279 cm³/mol. The molecule has 306 valence electrons. The number of fused-ring (bicyclic) bond motifs is 10. The maximum absolute atomic E-state index is 3.01. The lowest BCUT2D eigenvalue weighted by Crippen LogP contribution is -2.74. The Hall–Kier alpha value is -8.18. The van der Waals surface area contributed by atoms with Crippen LogP contribution >= 0.6 is 0 Å². The van der Waals surface area contributed by atoms with Crippen molar-refractivity contribution in [3.8, 4) is 11.4 Å². The van der Waals surface area contributed by atoms with Crippen molar-refractivity contribution in [2.75, 3.05) is 0 Å². The lowest BCUT2D eigenvalue weighted by Gasteiger charge is -2.35. The van der Waals surface area contributed by atoms with Gasteiger partial charge in [-0.15, -0.1) is 0 Å². The van der Waals surface area contributed by atoms with Gasteiger partial charge >= 0.3 is 0 Å². The van der Waals surface area contributed by atoms with Crippen LogP contribution in [0.25, 0.3) is 82.5 Å². The molecule has 4 heteroatoms. The fraction of sp³-hybridized carbons (Fsp3) is 0.0164. The third-order valence-corrected chi connectivity index (χ3v) is 18.6. The Kier molecular flexibility index (Phi) is 8.61. The fourth-order valence-electron chi connectivity index (χ4n) is 11.2. The van der Waals surface area contributed by atoms with Crippen molar-refractivity contribution in [3.63, 3.8) is 0 Å². The summed E-state index contributed by atoms with van der Waals surface area (Å²) in [5.74, 6) is 0. The average molecular weight is 846 g/mol. The van der Waals surface area contributed by atoms with Gasteiger partial charge in [0, 0.05) is 49.4 Å². The zero-order valence-corrected chi connectivity index (χ0v) is 36.7. The monoisotopic (exact) mass is 845 g/mol. The van der Waals surface area contributed by atoms with Crippen LogP contribution in [0.2, 0.25) is 0 Å². The first kappa shape index (κ1) is 37.4. The van der Waals surface area contributed by atoms with Crippen molar-refractivity contribution < 1.29 is 0 Å². The molecule has 3 nitrogen and oxygen atoms in total. The fourth-order valence-corrected chi connectivity index (χ4v) is 16.2. The Morgan fingerprint density at radius 3 is 1.37 bits per heavy atom. The minimum Gasteiger partial charge on any atom is -0.309 e. The van der Waals surface area contributed by atoms with E-state index in [0.717, 1.165) is 17.8 Å². The molecule has 3 heterocycles. The predicted octanol–water partition coefficient (Wildman–Crippen LogP) is 12.7. The van der Waals surface area contributed by atoms with Gasteiger partial charge in [0.2, 0.25) is 0 Å². The molecule has 0 spiro atoms. The first-order valence-corrected chi connectivity index (χ1v) is 24.6. The minimum absolute atomic E-state index is 0.933. The lowest BCUT2D eigenvalue weighted by molar-refractivity contribution is 1.18. The Bertz CT molecular complexity index is 3850. The van der Waals surface area contributed by atoms with Crippen LogP contribution in [0.3, 0.4) is 0 Å². The Balaban J connectivity index is 1.08. The summed E-state index contributed by atoms with van der Waals surface area (Å²) in [4.78, 5) is 0. The van der Waals surface area contributed by atoms with Crippen LogP contribution < -0.4 is 20.7 Å². The van der Waals surface area contributed by atoms with Gasteiger partial charge in [-0.1, -0.05) is 176 Å². The maximum atomic E-state index is 2.48. The number of aromatic nitrogens is 3. The summed E-state index contributed by atoms with van der Waals surface area (Å²) in [6, 6.07) is 81.6. The van der Waals surface area contributed by atoms with E-state index in [1.807, 2.05) is 0 Å². The molecular formula is C61H43N3Si. The summed E-state index contributed by atoms with van der Waals surface area (Å²) in [7, 11) is -3.01.